The zero-order valence-corrected chi connectivity index (χ0v) is 4.49. The molecule has 1 unspecified atom stereocenters. The van der Waals surface area contributed by atoms with Gasteiger partial charge in [-0.3, -0.25) is 0 Å². The highest BCUT2D eigenvalue weighted by Gasteiger charge is 2.08. The normalized spacial score (nSPS) is 25.3. The smallest absolute Gasteiger partial charge is 0.00108 e. The van der Waals surface area contributed by atoms with Crippen LogP contribution < -0.4 is 0 Å². The van der Waals surface area contributed by atoms with Crippen LogP contribution in [0, 0.1) is 25.2 Å². The van der Waals surface area contributed by atoms with Gasteiger partial charge in [-0.25, -0.2) is 0 Å². The van der Waals surface area contributed by atoms with Crippen LogP contribution in [-0.4, -0.2) is 0 Å². The minimum atomic E-state index is 0.612. The molecule has 0 bridgehead atoms. The fourth-order valence-electron chi connectivity index (χ4n) is 0.598. The van der Waals surface area contributed by atoms with Crippen molar-refractivity contribution in [3.63, 3.8) is 0 Å². The van der Waals surface area contributed by atoms with Crippen molar-refractivity contribution < 1.29 is 0 Å². The van der Waals surface area contributed by atoms with Gasteiger partial charge >= 0.3 is 0 Å². The number of hydrogen-bond acceptors (Lipinski definition) is 0. The van der Waals surface area contributed by atoms with Gasteiger partial charge < -0.3 is 0 Å². The van der Waals surface area contributed by atoms with Gasteiger partial charge in [-0.2, -0.15) is 0 Å². The van der Waals surface area contributed by atoms with E-state index in [0.29, 0.717) is 5.92 Å². The summed E-state index contributed by atoms with van der Waals surface area (Å²) in [6.07, 6.45) is 11.1. The van der Waals surface area contributed by atoms with Crippen LogP contribution in [0.5, 0.6) is 0 Å². The van der Waals surface area contributed by atoms with Gasteiger partial charge in [0.2, 0.25) is 0 Å². The van der Waals surface area contributed by atoms with E-state index in [2.05, 4.69) is 26.2 Å². The molecule has 0 heterocycles. The lowest BCUT2D eigenvalue weighted by molar-refractivity contribution is 0.579. The first-order valence-corrected chi connectivity index (χ1v) is 2.63. The van der Waals surface area contributed by atoms with E-state index in [4.69, 9.17) is 0 Å². The van der Waals surface area contributed by atoms with Crippen molar-refractivity contribution in [2.45, 2.75) is 19.8 Å². The third kappa shape index (κ3) is 1.50. The van der Waals surface area contributed by atoms with Crippen molar-refractivity contribution in [2.24, 2.45) is 5.92 Å². The van der Waals surface area contributed by atoms with Gasteiger partial charge in [0.05, 0.1) is 0 Å². The monoisotopic (exact) mass is 92.1 g/mol. The molecular weight excluding hydrogens is 84.1 g/mol. The summed E-state index contributed by atoms with van der Waals surface area (Å²) in [7, 11) is 0. The second-order valence-electron chi connectivity index (χ2n) is 1.89. The molecule has 0 heteroatoms. The second-order valence-corrected chi connectivity index (χ2v) is 1.89. The van der Waals surface area contributed by atoms with Crippen LogP contribution in [0.1, 0.15) is 19.8 Å². The Morgan fingerprint density at radius 2 is 2.43 bits per heavy atom. The van der Waals surface area contributed by atoms with Crippen molar-refractivity contribution >= 4 is 0 Å². The molecule has 0 nitrogen and oxygen atoms in total. The van der Waals surface area contributed by atoms with Gasteiger partial charge in [-0.15, -0.1) is 0 Å². The molecule has 36 valence electrons. The third-order valence-electron chi connectivity index (χ3n) is 1.11. The predicted molar refractivity (Wildman–Crippen MR) is 28.1 cm³/mol. The summed E-state index contributed by atoms with van der Waals surface area (Å²) in [5, 5.41) is 0. The molecule has 0 aliphatic heterocycles. The van der Waals surface area contributed by atoms with E-state index in [1.807, 2.05) is 0 Å². The maximum atomic E-state index is 3.02. The van der Waals surface area contributed by atoms with Crippen LogP contribution in [0.4, 0.5) is 0 Å². The standard InChI is InChI=1S/C7H8/c1-7-5-3-2-4-6-7/h7H,3,5H2,1H3. The minimum Gasteiger partial charge on any atom is -0.0619 e. The maximum Gasteiger partial charge on any atom is -0.00108 e. The molecule has 6 radical (unpaired) electrons. The van der Waals surface area contributed by atoms with E-state index in [-0.39, 0.29) is 0 Å². The van der Waals surface area contributed by atoms with Crippen molar-refractivity contribution in [3.05, 3.63) is 19.3 Å². The Balaban J connectivity index is 2.12. The van der Waals surface area contributed by atoms with E-state index < -0.39 is 0 Å². The maximum absolute atomic E-state index is 3.02. The first-order chi connectivity index (χ1) is 3.39. The van der Waals surface area contributed by atoms with Gasteiger partial charge in [-0.05, 0) is 38.0 Å². The Morgan fingerprint density at radius 1 is 1.57 bits per heavy atom. The van der Waals surface area contributed by atoms with E-state index in [9.17, 15) is 0 Å². The van der Waals surface area contributed by atoms with E-state index >= 15 is 0 Å². The summed E-state index contributed by atoms with van der Waals surface area (Å²) in [6, 6.07) is 0. The van der Waals surface area contributed by atoms with Crippen LogP contribution in [0.2, 0.25) is 0 Å². The summed E-state index contributed by atoms with van der Waals surface area (Å²) >= 11 is 0. The largest absolute Gasteiger partial charge is 0.0619 e. The Kier molecular flexibility index (Phi) is 1.72. The van der Waals surface area contributed by atoms with Crippen LogP contribution >= 0.6 is 0 Å². The van der Waals surface area contributed by atoms with Crippen LogP contribution in [0.15, 0.2) is 0 Å². The molecule has 0 aromatic heterocycles. The van der Waals surface area contributed by atoms with Crippen molar-refractivity contribution in [1.82, 2.24) is 0 Å². The fourth-order valence-corrected chi connectivity index (χ4v) is 0.598. The van der Waals surface area contributed by atoms with Crippen LogP contribution in [0.25, 0.3) is 0 Å². The molecule has 1 atom stereocenters. The fraction of sp³-hybridized carbons (Fsp3) is 0.571. The molecule has 0 spiro atoms. The molecule has 0 aromatic carbocycles. The summed E-state index contributed by atoms with van der Waals surface area (Å²) in [5.74, 6) is 0.612. The third-order valence-corrected chi connectivity index (χ3v) is 1.11. The molecule has 1 fully saturated rings. The zero-order chi connectivity index (χ0) is 5.11. The predicted octanol–water partition coefficient (Wildman–Crippen LogP) is 1.66. The van der Waals surface area contributed by atoms with Gasteiger partial charge in [0, 0.05) is 0 Å². The lowest BCUT2D eigenvalue weighted by atomic mass is 9.91. The summed E-state index contributed by atoms with van der Waals surface area (Å²) in [4.78, 5) is 0. The summed E-state index contributed by atoms with van der Waals surface area (Å²) in [6.45, 7) is 2.15. The quantitative estimate of drug-likeness (QED) is 0.426. The Labute approximate surface area is 45.9 Å². The molecule has 0 saturated heterocycles. The summed E-state index contributed by atoms with van der Waals surface area (Å²) in [5.41, 5.74) is 0. The van der Waals surface area contributed by atoms with E-state index in [1.165, 1.54) is 6.42 Å². The first kappa shape index (κ1) is 5.14. The first-order valence-electron chi connectivity index (χ1n) is 2.63. The van der Waals surface area contributed by atoms with Gasteiger partial charge in [0.15, 0.2) is 0 Å². The van der Waals surface area contributed by atoms with Crippen molar-refractivity contribution in [2.75, 3.05) is 0 Å². The van der Waals surface area contributed by atoms with E-state index in [0.717, 1.165) is 6.42 Å². The van der Waals surface area contributed by atoms with Gasteiger partial charge in [0.1, 0.15) is 0 Å². The molecule has 1 aliphatic carbocycles. The SMILES string of the molecule is CC1[C][C][C]CC1. The number of hydrogen-bond donors (Lipinski definition) is 0. The van der Waals surface area contributed by atoms with Gasteiger partial charge in [-0.1, -0.05) is 6.92 Å². The van der Waals surface area contributed by atoms with Crippen molar-refractivity contribution in [1.29, 1.82) is 0 Å². The lowest BCUT2D eigenvalue weighted by Gasteiger charge is -2.13. The number of rotatable bonds is 0. The Bertz CT molecular complexity index is 42.0. The Hall–Kier alpha value is 0. The van der Waals surface area contributed by atoms with Crippen LogP contribution in [0.3, 0.4) is 0 Å². The average Bonchev–Trinajstić information content (AvgIpc) is 1.69. The topological polar surface area (TPSA) is 0 Å². The molecule has 1 saturated carbocycles. The second kappa shape index (κ2) is 2.34. The highest BCUT2D eigenvalue weighted by Crippen LogP contribution is 2.19. The summed E-state index contributed by atoms with van der Waals surface area (Å²) < 4.78 is 0. The van der Waals surface area contributed by atoms with Crippen LogP contribution in [-0.2, 0) is 0 Å². The molecule has 7 heavy (non-hydrogen) atoms. The average molecular weight is 92.1 g/mol. The molecular formula is C7H8. The minimum absolute atomic E-state index is 0.612. The molecule has 1 aliphatic rings. The molecule has 0 aromatic rings. The molecule has 1 rings (SSSR count). The highest BCUT2D eigenvalue weighted by atomic mass is 14.1. The van der Waals surface area contributed by atoms with Crippen molar-refractivity contribution in [3.8, 4) is 0 Å². The highest BCUT2D eigenvalue weighted by molar-refractivity contribution is 5.02. The molecule has 0 N–H and O–H groups in total. The molecule has 0 amide bonds. The lowest BCUT2D eigenvalue weighted by Crippen LogP contribution is -2.02. The van der Waals surface area contributed by atoms with E-state index in [1.54, 1.807) is 0 Å². The Morgan fingerprint density at radius 3 is 2.71 bits per heavy atom. The van der Waals surface area contributed by atoms with Gasteiger partial charge in [0.25, 0.3) is 0 Å². The zero-order valence-electron chi connectivity index (χ0n) is 4.49.